The van der Waals surface area contributed by atoms with Crippen LogP contribution in [0.25, 0.3) is 0 Å². The number of rotatable bonds is 9. The van der Waals surface area contributed by atoms with Crippen LogP contribution in [0.4, 0.5) is 4.39 Å². The van der Waals surface area contributed by atoms with Gasteiger partial charge in [0, 0.05) is 31.6 Å². The molecule has 1 heterocycles. The number of carbonyl (C=O) groups excluding carboxylic acids is 2. The molecule has 9 heteroatoms. The first kappa shape index (κ1) is 25.0. The number of benzene rings is 1. The Morgan fingerprint density at radius 2 is 1.66 bits per heavy atom. The molecule has 1 aromatic carbocycles. The second kappa shape index (κ2) is 11.5. The van der Waals surface area contributed by atoms with E-state index >= 15 is 0 Å². The zero-order chi connectivity index (χ0) is 21.8. The second-order valence-electron chi connectivity index (χ2n) is 8.26. The highest BCUT2D eigenvalue weighted by Crippen LogP contribution is 2.52. The van der Waals surface area contributed by atoms with E-state index in [1.807, 2.05) is 0 Å². The van der Waals surface area contributed by atoms with E-state index in [0.29, 0.717) is 25.5 Å². The van der Waals surface area contributed by atoms with E-state index in [1.165, 1.54) is 17.0 Å². The van der Waals surface area contributed by atoms with Crippen molar-refractivity contribution in [3.8, 4) is 0 Å². The SMILES string of the molecule is CN=C(NCCCSc1ccc(F)cc1)NCCCN1C(=O)C2C3C=CC(C3)C2C1=O.I. The summed E-state index contributed by atoms with van der Waals surface area (Å²) in [4.78, 5) is 32.1. The summed E-state index contributed by atoms with van der Waals surface area (Å²) in [5, 5.41) is 6.52. The van der Waals surface area contributed by atoms with Gasteiger partial charge in [0.2, 0.25) is 11.8 Å². The first-order valence-corrected chi connectivity index (χ1v) is 11.9. The Labute approximate surface area is 209 Å². The van der Waals surface area contributed by atoms with Crippen LogP contribution in [0, 0.1) is 29.5 Å². The minimum Gasteiger partial charge on any atom is -0.356 e. The molecule has 2 amide bonds. The maximum absolute atomic E-state index is 12.9. The van der Waals surface area contributed by atoms with E-state index in [1.54, 1.807) is 30.9 Å². The van der Waals surface area contributed by atoms with Gasteiger partial charge in [-0.05, 0) is 61.1 Å². The van der Waals surface area contributed by atoms with E-state index < -0.39 is 0 Å². The molecule has 6 nitrogen and oxygen atoms in total. The molecule has 0 radical (unpaired) electrons. The highest BCUT2D eigenvalue weighted by molar-refractivity contribution is 14.0. The number of nitrogens with zero attached hydrogens (tertiary/aromatic N) is 2. The average molecular weight is 572 g/mol. The van der Waals surface area contributed by atoms with Gasteiger partial charge in [-0.1, -0.05) is 12.2 Å². The van der Waals surface area contributed by atoms with Crippen molar-refractivity contribution >= 4 is 53.5 Å². The number of thioether (sulfide) groups is 1. The molecule has 1 aliphatic heterocycles. The van der Waals surface area contributed by atoms with Gasteiger partial charge in [0.25, 0.3) is 0 Å². The number of fused-ring (bicyclic) bond motifs is 5. The van der Waals surface area contributed by atoms with Crippen LogP contribution in [-0.4, -0.2) is 55.1 Å². The van der Waals surface area contributed by atoms with Crippen LogP contribution in [-0.2, 0) is 9.59 Å². The monoisotopic (exact) mass is 572 g/mol. The summed E-state index contributed by atoms with van der Waals surface area (Å²) in [6.07, 6.45) is 6.85. The molecular formula is C23H30FIN4O2S. The van der Waals surface area contributed by atoms with Crippen molar-refractivity contribution in [3.63, 3.8) is 0 Å². The van der Waals surface area contributed by atoms with Crippen molar-refractivity contribution in [2.24, 2.45) is 28.7 Å². The molecule has 2 aliphatic carbocycles. The highest BCUT2D eigenvalue weighted by atomic mass is 127. The number of nitrogens with one attached hydrogen (secondary N) is 2. The van der Waals surface area contributed by atoms with Crippen molar-refractivity contribution in [1.82, 2.24) is 15.5 Å². The van der Waals surface area contributed by atoms with Gasteiger partial charge in [-0.3, -0.25) is 19.5 Å². The molecule has 4 atom stereocenters. The lowest BCUT2D eigenvalue weighted by molar-refractivity contribution is -0.140. The number of guanidine groups is 1. The molecule has 0 spiro atoms. The molecule has 174 valence electrons. The third-order valence-corrected chi connectivity index (χ3v) is 7.43. The molecular weight excluding hydrogens is 542 g/mol. The van der Waals surface area contributed by atoms with Crippen LogP contribution < -0.4 is 10.6 Å². The maximum Gasteiger partial charge on any atom is 0.233 e. The number of halogens is 2. The predicted molar refractivity (Wildman–Crippen MR) is 136 cm³/mol. The lowest BCUT2D eigenvalue weighted by Crippen LogP contribution is -2.40. The standard InChI is InChI=1S/C23H29FN4O2S.HI/c1-25-23(27-11-3-13-31-18-8-6-17(24)7-9-18)26-10-2-12-28-21(29)19-15-4-5-16(14-15)20(19)22(28)30;/h4-9,15-16,19-20H,2-3,10-14H2,1H3,(H2,25,26,27);1H. The quantitative estimate of drug-likeness (QED) is 0.0905. The van der Waals surface area contributed by atoms with Gasteiger partial charge in [-0.15, -0.1) is 35.7 Å². The number of allylic oxidation sites excluding steroid dienone is 2. The zero-order valence-corrected chi connectivity index (χ0v) is 21.3. The molecule has 2 N–H and O–H groups in total. The number of imide groups is 1. The summed E-state index contributed by atoms with van der Waals surface area (Å²) in [7, 11) is 1.72. The Balaban J connectivity index is 0.00000289. The van der Waals surface area contributed by atoms with Crippen molar-refractivity contribution in [2.75, 3.05) is 32.4 Å². The minimum absolute atomic E-state index is 0. The molecule has 4 unspecified atom stereocenters. The van der Waals surface area contributed by atoms with Crippen LogP contribution in [0.1, 0.15) is 19.3 Å². The molecule has 4 rings (SSSR count). The third-order valence-electron chi connectivity index (χ3n) is 6.33. The Bertz CT molecular complexity index is 849. The summed E-state index contributed by atoms with van der Waals surface area (Å²) in [6, 6.07) is 6.53. The molecule has 1 aromatic rings. The third kappa shape index (κ3) is 5.47. The largest absolute Gasteiger partial charge is 0.356 e. The number of hydrogen-bond acceptors (Lipinski definition) is 4. The van der Waals surface area contributed by atoms with E-state index in [2.05, 4.69) is 27.8 Å². The molecule has 1 saturated heterocycles. The lowest BCUT2D eigenvalue weighted by Gasteiger charge is -2.18. The van der Waals surface area contributed by atoms with Crippen molar-refractivity contribution in [3.05, 3.63) is 42.2 Å². The fraction of sp³-hybridized carbons (Fsp3) is 0.522. The molecule has 2 fully saturated rings. The van der Waals surface area contributed by atoms with E-state index in [4.69, 9.17) is 0 Å². The highest BCUT2D eigenvalue weighted by Gasteiger charge is 2.58. The first-order chi connectivity index (χ1) is 15.1. The second-order valence-corrected chi connectivity index (χ2v) is 9.43. The summed E-state index contributed by atoms with van der Waals surface area (Å²) < 4.78 is 12.9. The van der Waals surface area contributed by atoms with Gasteiger partial charge in [0.05, 0.1) is 11.8 Å². The summed E-state index contributed by atoms with van der Waals surface area (Å²) in [5.41, 5.74) is 0. The van der Waals surface area contributed by atoms with Gasteiger partial charge in [0.15, 0.2) is 5.96 Å². The average Bonchev–Trinajstić information content (AvgIpc) is 3.45. The Morgan fingerprint density at radius 1 is 1.06 bits per heavy atom. The number of carbonyl (C=O) groups is 2. The summed E-state index contributed by atoms with van der Waals surface area (Å²) in [6.45, 7) is 1.88. The van der Waals surface area contributed by atoms with Gasteiger partial charge in [-0.2, -0.15) is 0 Å². The smallest absolute Gasteiger partial charge is 0.233 e. The predicted octanol–water partition coefficient (Wildman–Crippen LogP) is 3.29. The van der Waals surface area contributed by atoms with Crippen LogP contribution in [0.3, 0.4) is 0 Å². The number of likely N-dealkylation sites (tertiary alicyclic amines) is 1. The number of hydrogen-bond donors (Lipinski definition) is 2. The fourth-order valence-corrected chi connectivity index (χ4v) is 5.70. The van der Waals surface area contributed by atoms with Gasteiger partial charge in [-0.25, -0.2) is 4.39 Å². The minimum atomic E-state index is -0.216. The molecule has 1 saturated carbocycles. The molecule has 0 aromatic heterocycles. The zero-order valence-electron chi connectivity index (χ0n) is 18.1. The van der Waals surface area contributed by atoms with Crippen LogP contribution in [0.5, 0.6) is 0 Å². The Kier molecular flexibility index (Phi) is 8.98. The van der Waals surface area contributed by atoms with Crippen LogP contribution in [0.15, 0.2) is 46.3 Å². The van der Waals surface area contributed by atoms with Crippen molar-refractivity contribution in [1.29, 1.82) is 0 Å². The molecule has 32 heavy (non-hydrogen) atoms. The summed E-state index contributed by atoms with van der Waals surface area (Å²) in [5.74, 6) is 1.76. The van der Waals surface area contributed by atoms with Gasteiger partial charge in [0.1, 0.15) is 5.82 Å². The topological polar surface area (TPSA) is 73.8 Å². The van der Waals surface area contributed by atoms with Crippen molar-refractivity contribution < 1.29 is 14.0 Å². The van der Waals surface area contributed by atoms with Gasteiger partial charge >= 0.3 is 0 Å². The number of amides is 2. The van der Waals surface area contributed by atoms with E-state index in [0.717, 1.165) is 30.0 Å². The normalized spacial score (nSPS) is 25.8. The Hall–Kier alpha value is -1.62. The van der Waals surface area contributed by atoms with Crippen LogP contribution >= 0.6 is 35.7 Å². The van der Waals surface area contributed by atoms with Gasteiger partial charge < -0.3 is 10.6 Å². The lowest BCUT2D eigenvalue weighted by atomic mass is 9.85. The Morgan fingerprint density at radius 3 is 2.25 bits per heavy atom. The maximum atomic E-state index is 12.9. The fourth-order valence-electron chi connectivity index (χ4n) is 4.85. The summed E-state index contributed by atoms with van der Waals surface area (Å²) >= 11 is 1.70. The van der Waals surface area contributed by atoms with E-state index in [-0.39, 0.29) is 65.3 Å². The molecule has 3 aliphatic rings. The van der Waals surface area contributed by atoms with Crippen molar-refractivity contribution in [2.45, 2.75) is 24.2 Å². The van der Waals surface area contributed by atoms with E-state index in [9.17, 15) is 14.0 Å². The number of aliphatic imine (C=N–C) groups is 1. The van der Waals surface area contributed by atoms with Crippen LogP contribution in [0.2, 0.25) is 0 Å². The molecule has 2 bridgehead atoms. The first-order valence-electron chi connectivity index (χ1n) is 10.9.